The molecule has 0 radical (unpaired) electrons. The lowest BCUT2D eigenvalue weighted by molar-refractivity contribution is 0.252. The summed E-state index contributed by atoms with van der Waals surface area (Å²) >= 11 is 0. The Morgan fingerprint density at radius 1 is 1.31 bits per heavy atom. The first-order chi connectivity index (χ1) is 12.6. The number of hydrogen-bond donors (Lipinski definition) is 2. The minimum atomic E-state index is -0.257. The Kier molecular flexibility index (Phi) is 4.18. The standard InChI is InChI=1S/C20H22FN3O2/c1-12-3-4-13(11-17(12)24-10-9-22-20(24)25)23-16-7-5-15-14(16)6-8-18(26-2)19(15)21/h3-4,6,8,11,16,23H,5,7,9-10H2,1-2H3,(H,22,25). The van der Waals surface area contributed by atoms with E-state index in [1.54, 1.807) is 11.0 Å². The smallest absolute Gasteiger partial charge is 0.322 e. The molecule has 2 aromatic carbocycles. The number of amides is 2. The van der Waals surface area contributed by atoms with Gasteiger partial charge in [-0.1, -0.05) is 12.1 Å². The van der Waals surface area contributed by atoms with E-state index in [-0.39, 0.29) is 17.9 Å². The molecule has 1 aliphatic carbocycles. The van der Waals surface area contributed by atoms with Crippen LogP contribution in [0.4, 0.5) is 20.6 Å². The number of benzene rings is 2. The normalized spacial score (nSPS) is 18.7. The molecule has 2 N–H and O–H groups in total. The van der Waals surface area contributed by atoms with Crippen LogP contribution in [0.3, 0.4) is 0 Å². The number of rotatable bonds is 4. The molecule has 1 unspecified atom stereocenters. The average molecular weight is 355 g/mol. The number of urea groups is 1. The lowest BCUT2D eigenvalue weighted by Crippen LogP contribution is -2.28. The fourth-order valence-corrected chi connectivity index (χ4v) is 3.84. The topological polar surface area (TPSA) is 53.6 Å². The highest BCUT2D eigenvalue weighted by atomic mass is 19.1. The van der Waals surface area contributed by atoms with Gasteiger partial charge in [0, 0.05) is 18.8 Å². The monoisotopic (exact) mass is 355 g/mol. The Morgan fingerprint density at radius 3 is 2.88 bits per heavy atom. The van der Waals surface area contributed by atoms with Crippen molar-refractivity contribution in [2.24, 2.45) is 0 Å². The van der Waals surface area contributed by atoms with E-state index in [0.717, 1.165) is 34.5 Å². The van der Waals surface area contributed by atoms with Gasteiger partial charge in [0.25, 0.3) is 0 Å². The van der Waals surface area contributed by atoms with Crippen molar-refractivity contribution < 1.29 is 13.9 Å². The van der Waals surface area contributed by atoms with Crippen LogP contribution >= 0.6 is 0 Å². The molecule has 0 spiro atoms. The van der Waals surface area contributed by atoms with Crippen LogP contribution in [0.15, 0.2) is 30.3 Å². The number of anilines is 2. The molecule has 136 valence electrons. The number of nitrogens with one attached hydrogen (secondary N) is 2. The molecule has 2 amide bonds. The van der Waals surface area contributed by atoms with Gasteiger partial charge >= 0.3 is 6.03 Å². The number of carbonyl (C=O) groups excluding carboxylic acids is 1. The number of fused-ring (bicyclic) bond motifs is 1. The summed E-state index contributed by atoms with van der Waals surface area (Å²) in [4.78, 5) is 13.7. The maximum atomic E-state index is 14.4. The zero-order chi connectivity index (χ0) is 18.3. The van der Waals surface area contributed by atoms with E-state index in [1.165, 1.54) is 7.11 Å². The molecular formula is C20H22FN3O2. The van der Waals surface area contributed by atoms with E-state index in [4.69, 9.17) is 4.74 Å². The maximum Gasteiger partial charge on any atom is 0.322 e. The van der Waals surface area contributed by atoms with E-state index in [0.29, 0.717) is 25.3 Å². The number of methoxy groups -OCH3 is 1. The summed E-state index contributed by atoms with van der Waals surface area (Å²) in [6.07, 6.45) is 1.51. The fraction of sp³-hybridized carbons (Fsp3) is 0.350. The highest BCUT2D eigenvalue weighted by Gasteiger charge is 2.28. The van der Waals surface area contributed by atoms with Crippen molar-refractivity contribution in [1.29, 1.82) is 0 Å². The van der Waals surface area contributed by atoms with Gasteiger partial charge in [-0.3, -0.25) is 4.90 Å². The molecule has 1 saturated heterocycles. The molecule has 6 heteroatoms. The molecule has 4 rings (SSSR count). The predicted molar refractivity (Wildman–Crippen MR) is 99.6 cm³/mol. The summed E-state index contributed by atoms with van der Waals surface area (Å²) in [7, 11) is 1.48. The van der Waals surface area contributed by atoms with Crippen molar-refractivity contribution in [2.45, 2.75) is 25.8 Å². The van der Waals surface area contributed by atoms with Gasteiger partial charge < -0.3 is 15.4 Å². The van der Waals surface area contributed by atoms with E-state index >= 15 is 0 Å². The predicted octanol–water partition coefficient (Wildman–Crippen LogP) is 3.77. The van der Waals surface area contributed by atoms with Gasteiger partial charge in [-0.05, 0) is 54.7 Å². The summed E-state index contributed by atoms with van der Waals surface area (Å²) in [6, 6.07) is 9.61. The van der Waals surface area contributed by atoms with Crippen molar-refractivity contribution in [3.8, 4) is 5.75 Å². The van der Waals surface area contributed by atoms with E-state index in [2.05, 4.69) is 10.6 Å². The van der Waals surface area contributed by atoms with Crippen LogP contribution in [0.2, 0.25) is 0 Å². The number of aryl methyl sites for hydroxylation is 1. The Hall–Kier alpha value is -2.76. The molecule has 1 aliphatic heterocycles. The van der Waals surface area contributed by atoms with E-state index in [9.17, 15) is 9.18 Å². The lowest BCUT2D eigenvalue weighted by Gasteiger charge is -2.21. The van der Waals surface area contributed by atoms with Gasteiger partial charge in [0.05, 0.1) is 18.8 Å². The van der Waals surface area contributed by atoms with Crippen LogP contribution in [0.25, 0.3) is 0 Å². The van der Waals surface area contributed by atoms with Crippen molar-refractivity contribution in [2.75, 3.05) is 30.4 Å². The van der Waals surface area contributed by atoms with Crippen molar-refractivity contribution >= 4 is 17.4 Å². The Balaban J connectivity index is 1.60. The third-order valence-electron chi connectivity index (χ3n) is 5.22. The zero-order valence-corrected chi connectivity index (χ0v) is 14.9. The van der Waals surface area contributed by atoms with Crippen LogP contribution in [0.5, 0.6) is 5.75 Å². The van der Waals surface area contributed by atoms with Crippen molar-refractivity contribution in [1.82, 2.24) is 5.32 Å². The number of carbonyl (C=O) groups is 1. The first kappa shape index (κ1) is 16.7. The first-order valence-corrected chi connectivity index (χ1v) is 8.86. The highest BCUT2D eigenvalue weighted by Crippen LogP contribution is 2.39. The Bertz CT molecular complexity index is 868. The number of halogens is 1. The van der Waals surface area contributed by atoms with Gasteiger partial charge in [0.1, 0.15) is 0 Å². The van der Waals surface area contributed by atoms with Gasteiger partial charge in [-0.15, -0.1) is 0 Å². The second-order valence-electron chi connectivity index (χ2n) is 6.77. The molecule has 0 bridgehead atoms. The van der Waals surface area contributed by atoms with Crippen LogP contribution in [-0.2, 0) is 6.42 Å². The minimum Gasteiger partial charge on any atom is -0.494 e. The number of hydrogen-bond acceptors (Lipinski definition) is 3. The minimum absolute atomic E-state index is 0.0494. The van der Waals surface area contributed by atoms with Crippen molar-refractivity contribution in [3.63, 3.8) is 0 Å². The molecule has 1 atom stereocenters. The second-order valence-corrected chi connectivity index (χ2v) is 6.77. The lowest BCUT2D eigenvalue weighted by atomic mass is 10.1. The summed E-state index contributed by atoms with van der Waals surface area (Å²) in [5, 5.41) is 6.33. The molecule has 26 heavy (non-hydrogen) atoms. The number of nitrogens with zero attached hydrogens (tertiary/aromatic N) is 1. The molecule has 1 heterocycles. The van der Waals surface area contributed by atoms with Gasteiger partial charge in [-0.2, -0.15) is 0 Å². The van der Waals surface area contributed by atoms with Crippen LogP contribution in [-0.4, -0.2) is 26.2 Å². The summed E-state index contributed by atoms with van der Waals surface area (Å²) in [6.45, 7) is 3.32. The first-order valence-electron chi connectivity index (χ1n) is 8.86. The van der Waals surface area contributed by atoms with E-state index in [1.807, 2.05) is 31.2 Å². The third-order valence-corrected chi connectivity index (χ3v) is 5.22. The molecule has 0 aromatic heterocycles. The Morgan fingerprint density at radius 2 is 2.15 bits per heavy atom. The quantitative estimate of drug-likeness (QED) is 0.878. The summed E-state index contributed by atoms with van der Waals surface area (Å²) in [5.41, 5.74) is 4.59. The van der Waals surface area contributed by atoms with Gasteiger partial charge in [0.15, 0.2) is 11.6 Å². The van der Waals surface area contributed by atoms with Crippen molar-refractivity contribution in [3.05, 3.63) is 52.8 Å². The molecule has 5 nitrogen and oxygen atoms in total. The van der Waals surface area contributed by atoms with Gasteiger partial charge in [0.2, 0.25) is 0 Å². The zero-order valence-electron chi connectivity index (χ0n) is 14.9. The second kappa shape index (κ2) is 6.52. The summed E-state index contributed by atoms with van der Waals surface area (Å²) < 4.78 is 19.5. The Labute approximate surface area is 152 Å². The molecule has 1 fully saturated rings. The summed E-state index contributed by atoms with van der Waals surface area (Å²) in [5.74, 6) is 0.0368. The average Bonchev–Trinajstić information content (AvgIpc) is 3.24. The molecule has 2 aromatic rings. The molecular weight excluding hydrogens is 333 g/mol. The van der Waals surface area contributed by atoms with E-state index < -0.39 is 0 Å². The molecule has 2 aliphatic rings. The molecule has 0 saturated carbocycles. The largest absolute Gasteiger partial charge is 0.494 e. The fourth-order valence-electron chi connectivity index (χ4n) is 3.84. The highest BCUT2D eigenvalue weighted by molar-refractivity contribution is 5.95. The number of ether oxygens (including phenoxy) is 1. The van der Waals surface area contributed by atoms with Gasteiger partial charge in [-0.25, -0.2) is 9.18 Å². The third kappa shape index (κ3) is 2.75. The van der Waals surface area contributed by atoms with Crippen LogP contribution < -0.4 is 20.3 Å². The van der Waals surface area contributed by atoms with Crippen LogP contribution in [0.1, 0.15) is 29.2 Å². The maximum absolute atomic E-state index is 14.4. The SMILES string of the molecule is COc1ccc2c(c1F)CCC2Nc1ccc(C)c(N2CCNC2=O)c1. The van der Waals surface area contributed by atoms with Crippen LogP contribution in [0, 0.1) is 12.7 Å².